The molecule has 0 aliphatic carbocycles. The fourth-order valence-electron chi connectivity index (χ4n) is 4.84. The second-order valence-electron chi connectivity index (χ2n) is 8.84. The lowest BCUT2D eigenvalue weighted by molar-refractivity contribution is -0.0666. The van der Waals surface area contributed by atoms with Crippen LogP contribution in [0.25, 0.3) is 0 Å². The number of aliphatic imine (C=N–C) groups is 1. The summed E-state index contributed by atoms with van der Waals surface area (Å²) in [7, 11) is 3.15. The Kier molecular flexibility index (Phi) is 7.90. The Labute approximate surface area is 211 Å². The number of pyridine rings is 1. The second-order valence-corrected chi connectivity index (χ2v) is 8.84. The maximum Gasteiger partial charge on any atom is 0.273 e. The summed E-state index contributed by atoms with van der Waals surface area (Å²) >= 11 is 0. The van der Waals surface area contributed by atoms with Gasteiger partial charge in [0, 0.05) is 12.1 Å². The second kappa shape index (κ2) is 11.3. The van der Waals surface area contributed by atoms with Crippen LogP contribution in [0.15, 0.2) is 70.8 Å². The number of rotatable bonds is 8. The van der Waals surface area contributed by atoms with E-state index < -0.39 is 0 Å². The molecule has 9 heteroatoms. The van der Waals surface area contributed by atoms with Crippen LogP contribution in [-0.2, 0) is 9.47 Å². The van der Waals surface area contributed by atoms with E-state index in [0.29, 0.717) is 47.7 Å². The van der Waals surface area contributed by atoms with Crippen LogP contribution in [0.4, 0.5) is 0 Å². The highest BCUT2D eigenvalue weighted by molar-refractivity contribution is 5.93. The number of methoxy groups -OCH3 is 2. The van der Waals surface area contributed by atoms with Crippen LogP contribution >= 0.6 is 0 Å². The van der Waals surface area contributed by atoms with E-state index in [1.165, 1.54) is 6.20 Å². The highest BCUT2D eigenvalue weighted by atomic mass is 16.5. The monoisotopic (exact) mass is 492 g/mol. The molecule has 4 rings (SSSR count). The lowest BCUT2D eigenvalue weighted by Crippen LogP contribution is -2.59. The van der Waals surface area contributed by atoms with E-state index in [9.17, 15) is 4.79 Å². The molecule has 2 fully saturated rings. The van der Waals surface area contributed by atoms with Crippen molar-refractivity contribution in [3.63, 3.8) is 0 Å². The van der Waals surface area contributed by atoms with Crippen molar-refractivity contribution in [2.24, 2.45) is 16.6 Å². The minimum Gasteiger partial charge on any atom is -0.497 e. The van der Waals surface area contributed by atoms with Crippen molar-refractivity contribution in [3.05, 3.63) is 71.5 Å². The number of allylic oxidation sites excluding steroid dienone is 2. The van der Waals surface area contributed by atoms with Gasteiger partial charge in [-0.15, -0.1) is 0 Å². The Morgan fingerprint density at radius 3 is 2.50 bits per heavy atom. The first-order chi connectivity index (χ1) is 17.4. The lowest BCUT2D eigenvalue weighted by Gasteiger charge is -2.48. The molecule has 2 aliphatic heterocycles. The quantitative estimate of drug-likeness (QED) is 0.338. The zero-order chi connectivity index (χ0) is 25.7. The summed E-state index contributed by atoms with van der Waals surface area (Å²) < 4.78 is 22.8. The average molecular weight is 493 g/mol. The van der Waals surface area contributed by atoms with E-state index in [4.69, 9.17) is 24.7 Å². The Hall–Kier alpha value is -3.85. The van der Waals surface area contributed by atoms with Gasteiger partial charge in [0.15, 0.2) is 11.5 Å². The molecule has 36 heavy (non-hydrogen) atoms. The van der Waals surface area contributed by atoms with Crippen molar-refractivity contribution in [1.82, 2.24) is 9.88 Å². The smallest absolute Gasteiger partial charge is 0.273 e. The third-order valence-corrected chi connectivity index (χ3v) is 6.68. The molecule has 2 aliphatic rings. The fraction of sp³-hybridized carbons (Fsp3) is 0.370. The molecule has 0 spiro atoms. The molecule has 3 heterocycles. The van der Waals surface area contributed by atoms with Crippen molar-refractivity contribution in [1.29, 1.82) is 0 Å². The van der Waals surface area contributed by atoms with Crippen LogP contribution in [0.3, 0.4) is 0 Å². The minimum atomic E-state index is -0.148. The van der Waals surface area contributed by atoms with Gasteiger partial charge in [-0.2, -0.15) is 0 Å². The predicted octanol–water partition coefficient (Wildman–Crippen LogP) is 3.92. The topological polar surface area (TPSA) is 109 Å². The summed E-state index contributed by atoms with van der Waals surface area (Å²) in [6.45, 7) is 6.42. The summed E-state index contributed by atoms with van der Waals surface area (Å²) in [4.78, 5) is 23.7. The van der Waals surface area contributed by atoms with E-state index in [1.54, 1.807) is 26.4 Å². The van der Waals surface area contributed by atoms with Crippen LogP contribution in [0.1, 0.15) is 30.3 Å². The number of hydrogen-bond donors (Lipinski definition) is 1. The first-order valence-electron chi connectivity index (χ1n) is 11.8. The number of para-hydroxylation sites is 1. The number of amides is 1. The highest BCUT2D eigenvalue weighted by Crippen LogP contribution is 2.38. The molecule has 0 radical (unpaired) electrons. The molecule has 9 nitrogen and oxygen atoms in total. The van der Waals surface area contributed by atoms with Gasteiger partial charge in [0.1, 0.15) is 23.0 Å². The summed E-state index contributed by atoms with van der Waals surface area (Å²) in [6.07, 6.45) is 4.69. The lowest BCUT2D eigenvalue weighted by atomic mass is 9.80. The first kappa shape index (κ1) is 25.2. The number of carbonyl (C=O) groups excluding carboxylic acids is 1. The molecule has 2 N–H and O–H groups in total. The number of hydrogen-bond acceptors (Lipinski definition) is 8. The number of nitrogens with two attached hydrogens (primary N) is 1. The number of ether oxygens (including phenoxy) is 4. The fourth-order valence-corrected chi connectivity index (χ4v) is 4.84. The predicted molar refractivity (Wildman–Crippen MR) is 136 cm³/mol. The van der Waals surface area contributed by atoms with Gasteiger partial charge in [-0.3, -0.25) is 4.79 Å². The molecule has 1 aromatic carbocycles. The molecule has 0 saturated carbocycles. The van der Waals surface area contributed by atoms with Gasteiger partial charge < -0.3 is 29.6 Å². The number of benzene rings is 1. The molecular weight excluding hydrogens is 460 g/mol. The largest absolute Gasteiger partial charge is 0.497 e. The SMILES string of the molecule is C=N/C(N)=C\C(OC)=C(/C)C1CC2COCC(C1)N2C(=O)c1cc(OC)c(Oc2ccccc2)cn1. The van der Waals surface area contributed by atoms with E-state index in [2.05, 4.69) is 16.7 Å². The van der Waals surface area contributed by atoms with Crippen molar-refractivity contribution in [2.45, 2.75) is 31.8 Å². The zero-order valence-electron chi connectivity index (χ0n) is 20.8. The molecule has 2 bridgehead atoms. The van der Waals surface area contributed by atoms with E-state index in [0.717, 1.165) is 18.4 Å². The van der Waals surface area contributed by atoms with Crippen LogP contribution in [0.2, 0.25) is 0 Å². The third kappa shape index (κ3) is 5.36. The summed E-state index contributed by atoms with van der Waals surface area (Å²) in [5.74, 6) is 2.57. The molecule has 1 aromatic heterocycles. The van der Waals surface area contributed by atoms with E-state index in [-0.39, 0.29) is 23.9 Å². The van der Waals surface area contributed by atoms with Gasteiger partial charge in [0.05, 0.1) is 45.7 Å². The molecular formula is C27H32N4O5. The molecule has 190 valence electrons. The molecule has 1 amide bonds. The number of fused-ring (bicyclic) bond motifs is 2. The van der Waals surface area contributed by atoms with Gasteiger partial charge in [-0.05, 0) is 50.1 Å². The number of carbonyl (C=O) groups is 1. The molecule has 2 aromatic rings. The third-order valence-electron chi connectivity index (χ3n) is 6.68. The van der Waals surface area contributed by atoms with Crippen molar-refractivity contribution in [2.75, 3.05) is 27.4 Å². The van der Waals surface area contributed by atoms with Gasteiger partial charge in [-0.25, -0.2) is 9.98 Å². The standard InChI is InChI=1S/C27H32N4O5/c1-17(23(33-3)13-26(28)29-2)18-10-19-15-35-16-20(11-18)31(19)27(32)22-12-24(34-4)25(14-30-22)36-21-8-6-5-7-9-21/h5-9,12-14,18-20H,2,10-11,15-16,28H2,1,3-4H3/b23-17-,26-13-. The van der Waals surface area contributed by atoms with Crippen molar-refractivity contribution in [3.8, 4) is 17.2 Å². The zero-order valence-corrected chi connectivity index (χ0v) is 20.8. The van der Waals surface area contributed by atoms with Crippen LogP contribution < -0.4 is 15.2 Å². The molecule has 2 unspecified atom stereocenters. The normalized spacial score (nSPS) is 22.4. The van der Waals surface area contributed by atoms with Crippen molar-refractivity contribution >= 4 is 12.6 Å². The Bertz CT molecular complexity index is 1150. The van der Waals surface area contributed by atoms with Gasteiger partial charge in [0.25, 0.3) is 5.91 Å². The van der Waals surface area contributed by atoms with Gasteiger partial charge in [-0.1, -0.05) is 18.2 Å². The van der Waals surface area contributed by atoms with Crippen LogP contribution in [0.5, 0.6) is 17.2 Å². The Balaban J connectivity index is 1.55. The summed E-state index contributed by atoms with van der Waals surface area (Å²) in [6, 6.07) is 10.8. The van der Waals surface area contributed by atoms with Crippen LogP contribution in [-0.4, -0.2) is 62.0 Å². The average Bonchev–Trinajstić information content (AvgIpc) is 2.90. The Morgan fingerprint density at radius 1 is 1.19 bits per heavy atom. The minimum absolute atomic E-state index is 0.0880. The maximum absolute atomic E-state index is 13.6. The van der Waals surface area contributed by atoms with E-state index >= 15 is 0 Å². The Morgan fingerprint density at radius 2 is 1.89 bits per heavy atom. The number of morpholine rings is 1. The van der Waals surface area contributed by atoms with Gasteiger partial charge in [0.2, 0.25) is 0 Å². The number of nitrogens with zero attached hydrogens (tertiary/aromatic N) is 3. The van der Waals surface area contributed by atoms with Crippen LogP contribution in [0, 0.1) is 5.92 Å². The summed E-state index contributed by atoms with van der Waals surface area (Å²) in [5, 5.41) is 0. The molecule has 2 saturated heterocycles. The van der Waals surface area contributed by atoms with Gasteiger partial charge >= 0.3 is 0 Å². The number of aromatic nitrogens is 1. The first-order valence-corrected chi connectivity index (χ1v) is 11.8. The summed E-state index contributed by atoms with van der Waals surface area (Å²) in [5.41, 5.74) is 7.20. The van der Waals surface area contributed by atoms with E-state index in [1.807, 2.05) is 42.2 Å². The number of piperidine rings is 1. The van der Waals surface area contributed by atoms with Crippen molar-refractivity contribution < 1.29 is 23.7 Å². The highest BCUT2D eigenvalue weighted by Gasteiger charge is 2.43. The maximum atomic E-state index is 13.6. The molecule has 2 atom stereocenters.